The van der Waals surface area contributed by atoms with Crippen LogP contribution in [0.1, 0.15) is 12.0 Å². The normalized spacial score (nSPS) is 9.67. The molecule has 1 aromatic carbocycles. The van der Waals surface area contributed by atoms with Crippen molar-refractivity contribution < 1.29 is 9.53 Å². The number of nitrogens with zero attached hydrogens (tertiary/aromatic N) is 1. The van der Waals surface area contributed by atoms with Crippen LogP contribution in [0.3, 0.4) is 0 Å². The zero-order valence-corrected chi connectivity index (χ0v) is 10.5. The summed E-state index contributed by atoms with van der Waals surface area (Å²) in [6, 6.07) is 7.28. The number of carbonyl (C=O) groups is 1. The van der Waals surface area contributed by atoms with Crippen molar-refractivity contribution in [2.45, 2.75) is 6.42 Å². The Kier molecular flexibility index (Phi) is 3.81. The van der Waals surface area contributed by atoms with Gasteiger partial charge in [0.15, 0.2) is 0 Å². The van der Waals surface area contributed by atoms with E-state index in [2.05, 4.69) is 21.6 Å². The maximum Gasteiger partial charge on any atom is 0.317 e. The molecule has 0 atom stereocenters. The topological polar surface area (TPSA) is 39.2 Å². The molecule has 1 heterocycles. The molecule has 0 saturated heterocycles. The van der Waals surface area contributed by atoms with Crippen molar-refractivity contribution in [1.29, 1.82) is 0 Å². The Morgan fingerprint density at radius 3 is 3.06 bits per heavy atom. The van der Waals surface area contributed by atoms with Gasteiger partial charge in [0.25, 0.3) is 0 Å². The highest BCUT2D eigenvalue weighted by Gasteiger charge is 2.00. The number of fused-ring (bicyclic) bond motifs is 1. The number of hydrogen-bond acceptors (Lipinski definition) is 3. The summed E-state index contributed by atoms with van der Waals surface area (Å²) in [6.45, 7) is 0. The van der Waals surface area contributed by atoms with Gasteiger partial charge in [-0.15, -0.1) is 0 Å². The maximum atomic E-state index is 10.9. The van der Waals surface area contributed by atoms with Crippen molar-refractivity contribution >= 4 is 28.5 Å². The lowest BCUT2D eigenvalue weighted by Gasteiger charge is -1.99. The maximum absolute atomic E-state index is 10.9. The van der Waals surface area contributed by atoms with Crippen LogP contribution in [0.2, 0.25) is 5.02 Å². The zero-order chi connectivity index (χ0) is 13.0. The van der Waals surface area contributed by atoms with Gasteiger partial charge in [-0.05, 0) is 24.3 Å². The molecule has 2 aromatic rings. The summed E-state index contributed by atoms with van der Waals surface area (Å²) in [5.74, 6) is 5.30. The highest BCUT2D eigenvalue weighted by molar-refractivity contribution is 6.35. The SMILES string of the molecule is COC(=O)CC#Cc1ccc2nccc(Cl)c2c1. The number of pyridine rings is 1. The molecule has 0 amide bonds. The first-order chi connectivity index (χ1) is 8.70. The van der Waals surface area contributed by atoms with Gasteiger partial charge in [-0.25, -0.2) is 0 Å². The monoisotopic (exact) mass is 259 g/mol. The van der Waals surface area contributed by atoms with Gasteiger partial charge >= 0.3 is 5.97 Å². The fourth-order valence-electron chi connectivity index (χ4n) is 1.48. The van der Waals surface area contributed by atoms with Gasteiger partial charge in [-0.3, -0.25) is 9.78 Å². The molecule has 0 bridgehead atoms. The number of methoxy groups -OCH3 is 1. The molecule has 0 aliphatic carbocycles. The summed E-state index contributed by atoms with van der Waals surface area (Å²) in [7, 11) is 1.34. The molecule has 0 aliphatic rings. The molecule has 0 aliphatic heterocycles. The fraction of sp³-hybridized carbons (Fsp3) is 0.143. The molecule has 0 N–H and O–H groups in total. The summed E-state index contributed by atoms with van der Waals surface area (Å²) in [4.78, 5) is 15.1. The van der Waals surface area contributed by atoms with E-state index < -0.39 is 0 Å². The third-order valence-corrected chi connectivity index (χ3v) is 2.71. The minimum absolute atomic E-state index is 0.0787. The van der Waals surface area contributed by atoms with Gasteiger partial charge in [0.05, 0.1) is 17.6 Å². The van der Waals surface area contributed by atoms with E-state index in [4.69, 9.17) is 11.6 Å². The van der Waals surface area contributed by atoms with Crippen molar-refractivity contribution in [1.82, 2.24) is 4.98 Å². The molecule has 0 radical (unpaired) electrons. The van der Waals surface area contributed by atoms with Crippen molar-refractivity contribution in [3.8, 4) is 11.8 Å². The Labute approximate surface area is 110 Å². The van der Waals surface area contributed by atoms with E-state index in [0.717, 1.165) is 16.5 Å². The largest absolute Gasteiger partial charge is 0.468 e. The summed E-state index contributed by atoms with van der Waals surface area (Å²) in [5, 5.41) is 1.49. The number of carbonyl (C=O) groups excluding carboxylic acids is 1. The van der Waals surface area contributed by atoms with Crippen LogP contribution in [0.5, 0.6) is 0 Å². The molecule has 18 heavy (non-hydrogen) atoms. The van der Waals surface area contributed by atoms with Gasteiger partial charge in [0, 0.05) is 17.1 Å². The van der Waals surface area contributed by atoms with Crippen molar-refractivity contribution in [3.05, 3.63) is 41.0 Å². The van der Waals surface area contributed by atoms with Crippen LogP contribution < -0.4 is 0 Å². The average molecular weight is 260 g/mol. The number of halogens is 1. The first-order valence-electron chi connectivity index (χ1n) is 5.30. The number of benzene rings is 1. The van der Waals surface area contributed by atoms with E-state index in [-0.39, 0.29) is 12.4 Å². The second-order valence-electron chi connectivity index (χ2n) is 3.58. The molecule has 0 spiro atoms. The van der Waals surface area contributed by atoms with E-state index in [1.807, 2.05) is 18.2 Å². The smallest absolute Gasteiger partial charge is 0.317 e. The molecular formula is C14H10ClNO2. The average Bonchev–Trinajstić information content (AvgIpc) is 2.39. The lowest BCUT2D eigenvalue weighted by Crippen LogP contribution is -1.97. The summed E-state index contributed by atoms with van der Waals surface area (Å²) < 4.78 is 4.50. The number of hydrogen-bond donors (Lipinski definition) is 0. The fourth-order valence-corrected chi connectivity index (χ4v) is 1.69. The standard InChI is InChI=1S/C14H10ClNO2/c1-18-14(17)4-2-3-10-5-6-13-11(9-10)12(15)7-8-16-13/h5-9H,4H2,1H3. The Balaban J connectivity index is 2.30. The Morgan fingerprint density at radius 1 is 1.44 bits per heavy atom. The van der Waals surface area contributed by atoms with Crippen LogP contribution >= 0.6 is 11.6 Å². The van der Waals surface area contributed by atoms with Crippen molar-refractivity contribution in [2.75, 3.05) is 7.11 Å². The third kappa shape index (κ3) is 2.79. The molecule has 1 aromatic heterocycles. The van der Waals surface area contributed by atoms with E-state index in [9.17, 15) is 4.79 Å². The molecule has 0 fully saturated rings. The van der Waals surface area contributed by atoms with E-state index in [1.165, 1.54) is 7.11 Å². The van der Waals surface area contributed by atoms with E-state index in [0.29, 0.717) is 5.02 Å². The second-order valence-corrected chi connectivity index (χ2v) is 3.99. The summed E-state index contributed by atoms with van der Waals surface area (Å²) >= 11 is 6.07. The third-order valence-electron chi connectivity index (χ3n) is 2.38. The molecule has 0 unspecified atom stereocenters. The molecular weight excluding hydrogens is 250 g/mol. The van der Waals surface area contributed by atoms with Gasteiger partial charge in [0.2, 0.25) is 0 Å². The van der Waals surface area contributed by atoms with E-state index >= 15 is 0 Å². The van der Waals surface area contributed by atoms with Gasteiger partial charge in [-0.1, -0.05) is 23.4 Å². The number of esters is 1. The van der Waals surface area contributed by atoms with Crippen molar-refractivity contribution in [3.63, 3.8) is 0 Å². The minimum Gasteiger partial charge on any atom is -0.468 e. The quantitative estimate of drug-likeness (QED) is 0.584. The van der Waals surface area contributed by atoms with E-state index in [1.54, 1.807) is 12.3 Å². The predicted molar refractivity (Wildman–Crippen MR) is 70.3 cm³/mol. The van der Waals surface area contributed by atoms with Gasteiger partial charge < -0.3 is 4.74 Å². The Hall–Kier alpha value is -2.05. The number of ether oxygens (including phenoxy) is 1. The van der Waals surface area contributed by atoms with Crippen LogP contribution in [0.4, 0.5) is 0 Å². The molecule has 90 valence electrons. The lowest BCUT2D eigenvalue weighted by atomic mass is 10.1. The zero-order valence-electron chi connectivity index (χ0n) is 9.74. The number of aromatic nitrogens is 1. The highest BCUT2D eigenvalue weighted by atomic mass is 35.5. The predicted octanol–water partition coefficient (Wildman–Crippen LogP) is 2.80. The van der Waals surface area contributed by atoms with Crippen LogP contribution in [0.15, 0.2) is 30.5 Å². The first-order valence-corrected chi connectivity index (χ1v) is 5.68. The van der Waals surface area contributed by atoms with Crippen LogP contribution in [-0.2, 0) is 9.53 Å². The molecule has 0 saturated carbocycles. The van der Waals surface area contributed by atoms with Gasteiger partial charge in [-0.2, -0.15) is 0 Å². The number of rotatable bonds is 1. The van der Waals surface area contributed by atoms with Crippen LogP contribution in [-0.4, -0.2) is 18.1 Å². The molecule has 3 nitrogen and oxygen atoms in total. The van der Waals surface area contributed by atoms with Crippen molar-refractivity contribution in [2.24, 2.45) is 0 Å². The molecule has 4 heteroatoms. The molecule has 2 rings (SSSR count). The lowest BCUT2D eigenvalue weighted by molar-refractivity contribution is -0.139. The second kappa shape index (κ2) is 5.52. The summed E-state index contributed by atoms with van der Waals surface area (Å²) in [6.07, 6.45) is 1.74. The van der Waals surface area contributed by atoms with Crippen LogP contribution in [0.25, 0.3) is 10.9 Å². The minimum atomic E-state index is -0.344. The summed E-state index contributed by atoms with van der Waals surface area (Å²) in [5.41, 5.74) is 1.61. The van der Waals surface area contributed by atoms with Gasteiger partial charge in [0.1, 0.15) is 6.42 Å². The van der Waals surface area contributed by atoms with Crippen LogP contribution in [0, 0.1) is 11.8 Å². The first kappa shape index (κ1) is 12.4. The highest BCUT2D eigenvalue weighted by Crippen LogP contribution is 2.22. The Bertz CT molecular complexity index is 656. The Morgan fingerprint density at radius 2 is 2.28 bits per heavy atom.